The van der Waals surface area contributed by atoms with Crippen LogP contribution < -0.4 is 4.74 Å². The van der Waals surface area contributed by atoms with Crippen LogP contribution in [0.5, 0.6) is 5.75 Å². The van der Waals surface area contributed by atoms with Gasteiger partial charge in [0.15, 0.2) is 11.4 Å². The normalized spacial score (nSPS) is 10.3. The van der Waals surface area contributed by atoms with E-state index in [0.717, 1.165) is 0 Å². The maximum atomic E-state index is 12.4. The number of pyridine rings is 1. The number of hydrogen-bond acceptors (Lipinski definition) is 7. The smallest absolute Gasteiger partial charge is 0.357 e. The van der Waals surface area contributed by atoms with Gasteiger partial charge in [0.05, 0.1) is 18.7 Å². The van der Waals surface area contributed by atoms with Crippen LogP contribution >= 0.6 is 0 Å². The molecule has 126 valence electrons. The molecule has 1 heterocycles. The number of aromatic nitrogens is 1. The van der Waals surface area contributed by atoms with Gasteiger partial charge in [0.1, 0.15) is 5.56 Å². The molecule has 7 nitrogen and oxygen atoms in total. The molecule has 0 radical (unpaired) electrons. The summed E-state index contributed by atoms with van der Waals surface area (Å²) >= 11 is 0. The lowest BCUT2D eigenvalue weighted by Crippen LogP contribution is -2.19. The number of fused-ring (bicyclic) bond motifs is 1. The van der Waals surface area contributed by atoms with Gasteiger partial charge in [0, 0.05) is 12.3 Å². The molecule has 0 aliphatic heterocycles. The molecule has 0 aliphatic rings. The third-order valence-corrected chi connectivity index (χ3v) is 3.04. The van der Waals surface area contributed by atoms with Gasteiger partial charge in [0.2, 0.25) is 0 Å². The number of para-hydroxylation sites is 1. The zero-order chi connectivity index (χ0) is 17.7. The third-order valence-electron chi connectivity index (χ3n) is 3.04. The second-order valence-corrected chi connectivity index (χ2v) is 4.72. The van der Waals surface area contributed by atoms with Gasteiger partial charge in [0.25, 0.3) is 0 Å². The van der Waals surface area contributed by atoms with Crippen LogP contribution in [0, 0.1) is 0 Å². The molecule has 0 saturated heterocycles. The predicted octanol–water partition coefficient (Wildman–Crippen LogP) is 2.51. The standard InChI is InChI=1S/C17H17NO6/c1-4-22-16(20)13-14(17(21)23-5-2)18-12-9-7-6-8-11(12)15(13)24-10(3)19/h6-9H,4-5H2,1-3H3. The van der Waals surface area contributed by atoms with E-state index in [1.807, 2.05) is 0 Å². The Labute approximate surface area is 138 Å². The molecule has 0 bridgehead atoms. The fourth-order valence-electron chi connectivity index (χ4n) is 2.17. The van der Waals surface area contributed by atoms with Gasteiger partial charge in [-0.1, -0.05) is 12.1 Å². The molecule has 1 aromatic carbocycles. The van der Waals surface area contributed by atoms with Crippen molar-refractivity contribution in [2.75, 3.05) is 13.2 Å². The Morgan fingerprint density at radius 3 is 2.25 bits per heavy atom. The molecular weight excluding hydrogens is 314 g/mol. The van der Waals surface area contributed by atoms with E-state index in [1.165, 1.54) is 6.92 Å². The monoisotopic (exact) mass is 331 g/mol. The summed E-state index contributed by atoms with van der Waals surface area (Å²) in [5.74, 6) is -2.30. The topological polar surface area (TPSA) is 91.8 Å². The summed E-state index contributed by atoms with van der Waals surface area (Å²) in [7, 11) is 0. The zero-order valence-electron chi connectivity index (χ0n) is 13.6. The van der Waals surface area contributed by atoms with Crippen molar-refractivity contribution in [2.24, 2.45) is 0 Å². The summed E-state index contributed by atoms with van der Waals surface area (Å²) in [6, 6.07) is 6.69. The average Bonchev–Trinajstić information content (AvgIpc) is 2.54. The van der Waals surface area contributed by atoms with E-state index in [-0.39, 0.29) is 30.2 Å². The van der Waals surface area contributed by atoms with Gasteiger partial charge in [-0.05, 0) is 26.0 Å². The molecule has 2 aromatic rings. The summed E-state index contributed by atoms with van der Waals surface area (Å²) in [4.78, 5) is 40.3. The zero-order valence-corrected chi connectivity index (χ0v) is 13.6. The van der Waals surface area contributed by atoms with Crippen LogP contribution in [0.3, 0.4) is 0 Å². The number of rotatable bonds is 5. The first-order valence-electron chi connectivity index (χ1n) is 7.44. The van der Waals surface area contributed by atoms with Crippen molar-refractivity contribution in [1.82, 2.24) is 4.98 Å². The van der Waals surface area contributed by atoms with Crippen LogP contribution in [0.4, 0.5) is 0 Å². The first-order valence-corrected chi connectivity index (χ1v) is 7.44. The molecule has 0 amide bonds. The van der Waals surface area contributed by atoms with E-state index in [1.54, 1.807) is 38.1 Å². The van der Waals surface area contributed by atoms with Crippen molar-refractivity contribution in [3.05, 3.63) is 35.5 Å². The lowest BCUT2D eigenvalue weighted by atomic mass is 10.1. The van der Waals surface area contributed by atoms with E-state index in [0.29, 0.717) is 10.9 Å². The molecule has 24 heavy (non-hydrogen) atoms. The molecule has 2 rings (SSSR count). The Morgan fingerprint density at radius 2 is 1.62 bits per heavy atom. The van der Waals surface area contributed by atoms with E-state index in [4.69, 9.17) is 14.2 Å². The van der Waals surface area contributed by atoms with Gasteiger partial charge >= 0.3 is 17.9 Å². The van der Waals surface area contributed by atoms with Crippen molar-refractivity contribution in [3.8, 4) is 5.75 Å². The average molecular weight is 331 g/mol. The Balaban J connectivity index is 2.81. The molecule has 0 fully saturated rings. The first-order chi connectivity index (χ1) is 11.5. The Bertz CT molecular complexity index is 799. The molecule has 1 aromatic heterocycles. The van der Waals surface area contributed by atoms with Crippen molar-refractivity contribution in [3.63, 3.8) is 0 Å². The maximum absolute atomic E-state index is 12.4. The van der Waals surface area contributed by atoms with E-state index >= 15 is 0 Å². The molecular formula is C17H17NO6. The van der Waals surface area contributed by atoms with Crippen molar-refractivity contribution >= 4 is 28.8 Å². The van der Waals surface area contributed by atoms with Gasteiger partial charge < -0.3 is 14.2 Å². The summed E-state index contributed by atoms with van der Waals surface area (Å²) in [6.07, 6.45) is 0. The summed E-state index contributed by atoms with van der Waals surface area (Å²) < 4.78 is 15.2. The molecule has 0 N–H and O–H groups in total. The van der Waals surface area contributed by atoms with Gasteiger partial charge in [-0.2, -0.15) is 0 Å². The van der Waals surface area contributed by atoms with Gasteiger partial charge in [-0.3, -0.25) is 4.79 Å². The van der Waals surface area contributed by atoms with Crippen molar-refractivity contribution < 1.29 is 28.6 Å². The van der Waals surface area contributed by atoms with Crippen LogP contribution in [-0.2, 0) is 14.3 Å². The van der Waals surface area contributed by atoms with Crippen LogP contribution in [0.2, 0.25) is 0 Å². The van der Waals surface area contributed by atoms with Crippen LogP contribution in [0.1, 0.15) is 41.6 Å². The minimum atomic E-state index is -0.810. The lowest BCUT2D eigenvalue weighted by Gasteiger charge is -2.14. The second kappa shape index (κ2) is 7.54. The third kappa shape index (κ3) is 3.51. The lowest BCUT2D eigenvalue weighted by molar-refractivity contribution is -0.131. The molecule has 0 aliphatic carbocycles. The minimum Gasteiger partial charge on any atom is -0.462 e. The highest BCUT2D eigenvalue weighted by atomic mass is 16.6. The molecule has 7 heteroatoms. The molecule has 0 saturated carbocycles. The predicted molar refractivity (Wildman–Crippen MR) is 85.0 cm³/mol. The number of hydrogen-bond donors (Lipinski definition) is 0. The highest BCUT2D eigenvalue weighted by Gasteiger charge is 2.29. The first kappa shape index (κ1) is 17.4. The Kier molecular flexibility index (Phi) is 5.47. The van der Waals surface area contributed by atoms with Crippen molar-refractivity contribution in [2.45, 2.75) is 20.8 Å². The van der Waals surface area contributed by atoms with Gasteiger partial charge in [-0.15, -0.1) is 0 Å². The molecule has 0 atom stereocenters. The number of carbonyl (C=O) groups excluding carboxylic acids is 3. The molecule has 0 unspecified atom stereocenters. The summed E-state index contributed by atoms with van der Waals surface area (Å²) in [5, 5.41) is 0.420. The SMILES string of the molecule is CCOC(=O)c1nc2ccccc2c(OC(C)=O)c1C(=O)OCC. The fourth-order valence-corrected chi connectivity index (χ4v) is 2.17. The van der Waals surface area contributed by atoms with Crippen LogP contribution in [0.25, 0.3) is 10.9 Å². The highest BCUT2D eigenvalue weighted by molar-refractivity contribution is 6.09. The van der Waals surface area contributed by atoms with E-state index < -0.39 is 17.9 Å². The minimum absolute atomic E-state index is 0.0606. The fraction of sp³-hybridized carbons (Fsp3) is 0.294. The van der Waals surface area contributed by atoms with E-state index in [2.05, 4.69) is 4.98 Å². The highest BCUT2D eigenvalue weighted by Crippen LogP contribution is 2.32. The number of ether oxygens (including phenoxy) is 3. The molecule has 0 spiro atoms. The number of benzene rings is 1. The number of carbonyl (C=O) groups is 3. The second-order valence-electron chi connectivity index (χ2n) is 4.72. The quantitative estimate of drug-likeness (QED) is 0.777. The largest absolute Gasteiger partial charge is 0.462 e. The van der Waals surface area contributed by atoms with Crippen molar-refractivity contribution in [1.29, 1.82) is 0 Å². The Morgan fingerprint density at radius 1 is 1.00 bits per heavy atom. The van der Waals surface area contributed by atoms with Gasteiger partial charge in [-0.25, -0.2) is 14.6 Å². The van der Waals surface area contributed by atoms with E-state index in [9.17, 15) is 14.4 Å². The summed E-state index contributed by atoms with van der Waals surface area (Å²) in [6.45, 7) is 4.66. The maximum Gasteiger partial charge on any atom is 0.357 e. The van der Waals surface area contributed by atoms with Crippen LogP contribution in [0.15, 0.2) is 24.3 Å². The van der Waals surface area contributed by atoms with Crippen LogP contribution in [-0.4, -0.2) is 36.1 Å². The number of esters is 3. The number of nitrogens with zero attached hydrogens (tertiary/aromatic N) is 1. The summed E-state index contributed by atoms with van der Waals surface area (Å²) in [5.41, 5.74) is -0.0701. The Hall–Kier alpha value is -2.96.